The van der Waals surface area contributed by atoms with E-state index in [0.29, 0.717) is 36.3 Å². The van der Waals surface area contributed by atoms with Gasteiger partial charge in [-0.05, 0) is 62.4 Å². The minimum absolute atomic E-state index is 0.0253. The Morgan fingerprint density at radius 1 is 1.08 bits per heavy atom. The molecule has 1 aliphatic rings. The molecule has 3 aromatic rings. The molecule has 5 N–H and O–H groups in total. The molecule has 1 fully saturated rings. The van der Waals surface area contributed by atoms with Crippen LogP contribution < -0.4 is 20.7 Å². The fraction of sp³-hybridized carbons (Fsp3) is 0.424. The lowest BCUT2D eigenvalue weighted by atomic mass is 9.95. The Morgan fingerprint density at radius 3 is 2.36 bits per heavy atom. The average Bonchev–Trinajstić information content (AvgIpc) is 3.68. The fourth-order valence-corrected chi connectivity index (χ4v) is 5.08. The summed E-state index contributed by atoms with van der Waals surface area (Å²) in [5.74, 6) is -5.21. The highest BCUT2D eigenvalue weighted by molar-refractivity contribution is 6.02. The van der Waals surface area contributed by atoms with Gasteiger partial charge in [0, 0.05) is 29.6 Å². The average molecular weight is 706 g/mol. The van der Waals surface area contributed by atoms with E-state index < -0.39 is 60.3 Å². The number of benzene rings is 1. The van der Waals surface area contributed by atoms with Crippen LogP contribution in [0.2, 0.25) is 0 Å². The number of nitrogens with zero attached hydrogens (tertiary/aromatic N) is 1. The number of carboxylic acid groups (broad SMARTS) is 1. The minimum atomic E-state index is -5.08. The van der Waals surface area contributed by atoms with Crippen LogP contribution in [0, 0.1) is 18.8 Å². The molecule has 17 heteroatoms. The van der Waals surface area contributed by atoms with Crippen LogP contribution in [-0.4, -0.2) is 89.0 Å². The highest BCUT2D eigenvalue weighted by Crippen LogP contribution is 2.26. The van der Waals surface area contributed by atoms with Crippen LogP contribution >= 0.6 is 0 Å². The van der Waals surface area contributed by atoms with Crippen molar-refractivity contribution in [2.24, 2.45) is 11.8 Å². The Bertz CT molecular complexity index is 1720. The van der Waals surface area contributed by atoms with Crippen LogP contribution in [0.15, 0.2) is 42.6 Å². The molecule has 1 saturated heterocycles. The van der Waals surface area contributed by atoms with E-state index >= 15 is 0 Å². The molecule has 0 aliphatic carbocycles. The summed E-state index contributed by atoms with van der Waals surface area (Å²) >= 11 is 0. The van der Waals surface area contributed by atoms with Gasteiger partial charge in [-0.1, -0.05) is 19.9 Å². The quantitative estimate of drug-likeness (QED) is 0.164. The molecular weight excluding hydrogens is 667 g/mol. The van der Waals surface area contributed by atoms with Crippen molar-refractivity contribution >= 4 is 46.3 Å². The van der Waals surface area contributed by atoms with Crippen LogP contribution in [0.1, 0.15) is 59.7 Å². The second kappa shape index (κ2) is 17.3. The number of amides is 3. The Kier molecular flexibility index (Phi) is 13.4. The van der Waals surface area contributed by atoms with Gasteiger partial charge in [0.15, 0.2) is 12.4 Å². The molecular formula is C33H38F3N5O9. The predicted molar refractivity (Wildman–Crippen MR) is 171 cm³/mol. The summed E-state index contributed by atoms with van der Waals surface area (Å²) in [4.78, 5) is 81.0. The number of carbonyl (C=O) groups is 6. The summed E-state index contributed by atoms with van der Waals surface area (Å²) in [6.45, 7) is 5.33. The number of esters is 1. The Hall–Kier alpha value is -5.48. The van der Waals surface area contributed by atoms with Gasteiger partial charge in [-0.25, -0.2) is 9.59 Å². The van der Waals surface area contributed by atoms with Gasteiger partial charge in [0.05, 0.1) is 24.4 Å². The highest BCUT2D eigenvalue weighted by Gasteiger charge is 2.38. The number of methoxy groups -OCH3 is 1. The number of hydrogen-bond acceptors (Lipinski definition) is 9. The number of H-pyrrole nitrogens is 1. The molecule has 270 valence electrons. The molecule has 0 saturated carbocycles. The number of Topliss-reactive ketones (excluding diaryl/α,β-unsaturated/α-hetero) is 1. The number of carbonyl (C=O) groups excluding carboxylic acids is 5. The number of ether oxygens (including phenoxy) is 2. The first-order valence-electron chi connectivity index (χ1n) is 15.5. The Balaban J connectivity index is 0.000000872. The van der Waals surface area contributed by atoms with E-state index in [0.717, 1.165) is 5.39 Å². The molecule has 0 radical (unpaired) electrons. The first-order chi connectivity index (χ1) is 23.5. The van der Waals surface area contributed by atoms with Crippen molar-refractivity contribution in [3.63, 3.8) is 0 Å². The van der Waals surface area contributed by atoms with Crippen molar-refractivity contribution in [2.75, 3.05) is 20.3 Å². The molecule has 3 heterocycles. The molecule has 2 aromatic heterocycles. The third-order valence-electron chi connectivity index (χ3n) is 7.62. The van der Waals surface area contributed by atoms with E-state index in [1.165, 1.54) is 13.3 Å². The van der Waals surface area contributed by atoms with E-state index in [4.69, 9.17) is 19.4 Å². The molecule has 0 spiro atoms. The third kappa shape index (κ3) is 10.8. The standard InChI is InChI=1S/C31H37N5O7.C2HF3O2/c1-17(2)13-24(36-30(40)25-15-21-22(34-25)8-5-9-27(21)42-4)29(39)35-23(14-19-10-12-33-28(19)38)26(37)16-43-31(41)20-7-6-11-32-18(20)3;3-2(4,5)1(6)7/h5-9,11,15,17,19,23-24,34H,10,12-14,16H2,1-4H3,(H,33,38)(H,35,39)(H,36,40);(H,6,7)/t19-,23-,24-;/m0./s1. The van der Waals surface area contributed by atoms with Gasteiger partial charge in [0.1, 0.15) is 17.5 Å². The molecule has 3 amide bonds. The normalized spacial score (nSPS) is 15.3. The lowest BCUT2D eigenvalue weighted by Gasteiger charge is -2.25. The number of rotatable bonds is 13. The molecule has 14 nitrogen and oxygen atoms in total. The maximum absolute atomic E-state index is 13.6. The van der Waals surface area contributed by atoms with E-state index in [9.17, 15) is 37.1 Å². The lowest BCUT2D eigenvalue weighted by Crippen LogP contribution is -2.53. The summed E-state index contributed by atoms with van der Waals surface area (Å²) in [7, 11) is 1.54. The molecule has 1 aliphatic heterocycles. The lowest BCUT2D eigenvalue weighted by molar-refractivity contribution is -0.192. The molecule has 50 heavy (non-hydrogen) atoms. The second-order valence-corrected chi connectivity index (χ2v) is 11.8. The van der Waals surface area contributed by atoms with Crippen molar-refractivity contribution in [1.82, 2.24) is 25.9 Å². The summed E-state index contributed by atoms with van der Waals surface area (Å²) < 4.78 is 42.4. The Labute approximate surface area is 284 Å². The fourth-order valence-electron chi connectivity index (χ4n) is 5.08. The number of hydrogen-bond donors (Lipinski definition) is 5. The second-order valence-electron chi connectivity index (χ2n) is 11.8. The zero-order chi connectivity index (χ0) is 37.2. The van der Waals surface area contributed by atoms with Gasteiger partial charge < -0.3 is 35.5 Å². The summed E-state index contributed by atoms with van der Waals surface area (Å²) in [5.41, 5.74) is 1.62. The van der Waals surface area contributed by atoms with Crippen LogP contribution in [-0.2, 0) is 23.9 Å². The van der Waals surface area contributed by atoms with Crippen LogP contribution in [0.4, 0.5) is 13.2 Å². The smallest absolute Gasteiger partial charge is 0.490 e. The number of carboxylic acids is 1. The van der Waals surface area contributed by atoms with Crippen molar-refractivity contribution in [3.8, 4) is 5.75 Å². The van der Waals surface area contributed by atoms with Gasteiger partial charge in [-0.15, -0.1) is 0 Å². The first kappa shape index (κ1) is 39.0. The van der Waals surface area contributed by atoms with E-state index in [-0.39, 0.29) is 29.5 Å². The number of aryl methyl sites for hydroxylation is 1. The summed E-state index contributed by atoms with van der Waals surface area (Å²) in [6, 6.07) is 8.07. The minimum Gasteiger partial charge on any atom is -0.496 e. The number of nitrogens with one attached hydrogen (secondary N) is 4. The van der Waals surface area contributed by atoms with E-state index in [2.05, 4.69) is 25.9 Å². The van der Waals surface area contributed by atoms with Crippen molar-refractivity contribution < 1.29 is 56.5 Å². The van der Waals surface area contributed by atoms with Crippen LogP contribution in [0.5, 0.6) is 5.75 Å². The SMILES string of the molecule is COc1cccc2[nH]c(C(=O)N[C@@H](CC(C)C)C(=O)N[C@@H](C[C@@H]3CCNC3=O)C(=O)COC(=O)c3cccnc3C)cc12.O=C(O)C(F)(F)F. The van der Waals surface area contributed by atoms with Gasteiger partial charge >= 0.3 is 18.1 Å². The number of alkyl halides is 3. The number of aliphatic carboxylic acids is 1. The summed E-state index contributed by atoms with van der Waals surface area (Å²) in [6.07, 6.45) is -2.72. The summed E-state index contributed by atoms with van der Waals surface area (Å²) in [5, 5.41) is 16.1. The topological polar surface area (TPSA) is 206 Å². The van der Waals surface area contributed by atoms with E-state index in [1.807, 2.05) is 19.9 Å². The number of aromatic amines is 1. The monoisotopic (exact) mass is 705 g/mol. The number of ketones is 1. The van der Waals surface area contributed by atoms with Crippen LogP contribution in [0.3, 0.4) is 0 Å². The molecule has 0 unspecified atom stereocenters. The largest absolute Gasteiger partial charge is 0.496 e. The first-order valence-corrected chi connectivity index (χ1v) is 15.5. The van der Waals surface area contributed by atoms with Gasteiger partial charge in [-0.2, -0.15) is 13.2 Å². The maximum Gasteiger partial charge on any atom is 0.490 e. The van der Waals surface area contributed by atoms with Crippen molar-refractivity contribution in [2.45, 2.75) is 58.3 Å². The molecule has 4 rings (SSSR count). The zero-order valence-electron chi connectivity index (χ0n) is 27.7. The molecule has 0 bridgehead atoms. The van der Waals surface area contributed by atoms with E-state index in [1.54, 1.807) is 37.3 Å². The number of pyridine rings is 1. The molecule has 1 aromatic carbocycles. The number of fused-ring (bicyclic) bond motifs is 1. The van der Waals surface area contributed by atoms with Crippen molar-refractivity contribution in [1.29, 1.82) is 0 Å². The van der Waals surface area contributed by atoms with Crippen molar-refractivity contribution in [3.05, 3.63) is 59.5 Å². The Morgan fingerprint density at radius 2 is 1.78 bits per heavy atom. The number of aromatic nitrogens is 2. The molecule has 3 atom stereocenters. The third-order valence-corrected chi connectivity index (χ3v) is 7.62. The zero-order valence-corrected chi connectivity index (χ0v) is 27.7. The predicted octanol–water partition coefficient (Wildman–Crippen LogP) is 3.09. The van der Waals surface area contributed by atoms with Crippen LogP contribution in [0.25, 0.3) is 10.9 Å². The van der Waals surface area contributed by atoms with Gasteiger partial charge in [-0.3, -0.25) is 24.2 Å². The van der Waals surface area contributed by atoms with Gasteiger partial charge in [0.25, 0.3) is 5.91 Å². The number of halogens is 3. The highest BCUT2D eigenvalue weighted by atomic mass is 19.4. The van der Waals surface area contributed by atoms with Gasteiger partial charge in [0.2, 0.25) is 11.8 Å². The maximum atomic E-state index is 13.6.